The molecule has 2 aromatic rings. The van der Waals surface area contributed by atoms with Gasteiger partial charge in [0.05, 0.1) is 24.3 Å². The van der Waals surface area contributed by atoms with Crippen LogP contribution in [0.25, 0.3) is 0 Å². The molecule has 166 valence electrons. The van der Waals surface area contributed by atoms with Gasteiger partial charge in [0, 0.05) is 49.9 Å². The van der Waals surface area contributed by atoms with Crippen LogP contribution in [0.2, 0.25) is 0 Å². The van der Waals surface area contributed by atoms with Gasteiger partial charge in [0.15, 0.2) is 5.96 Å². The molecule has 9 heteroatoms. The number of morpholine rings is 1. The molecule has 0 radical (unpaired) electrons. The quantitative estimate of drug-likeness (QED) is 0.302. The van der Waals surface area contributed by atoms with Gasteiger partial charge in [0.2, 0.25) is 0 Å². The molecule has 0 saturated carbocycles. The number of hydrogen-bond donors (Lipinski definition) is 2. The number of thiazole rings is 1. The van der Waals surface area contributed by atoms with Crippen LogP contribution < -0.4 is 15.5 Å². The minimum Gasteiger partial charge on any atom is -0.375 e. The Morgan fingerprint density at radius 3 is 2.80 bits per heavy atom. The number of rotatable bonds is 8. The molecule has 1 fully saturated rings. The Hall–Kier alpha value is -1.46. The molecule has 1 saturated heterocycles. The summed E-state index contributed by atoms with van der Waals surface area (Å²) in [7, 11) is 0. The maximum absolute atomic E-state index is 5.60. The summed E-state index contributed by atoms with van der Waals surface area (Å²) in [5.41, 5.74) is 1.10. The SMILES string of the molecule is CCNC(=NCc1ccc(N2CCOC(C)C2)nc1)NCCc1ncc(CC)s1.I. The molecule has 3 heterocycles. The summed E-state index contributed by atoms with van der Waals surface area (Å²) in [5, 5.41) is 7.87. The average Bonchev–Trinajstić information content (AvgIpc) is 3.20. The van der Waals surface area contributed by atoms with Crippen LogP contribution in [-0.4, -0.2) is 54.8 Å². The Kier molecular flexibility index (Phi) is 10.8. The maximum atomic E-state index is 5.60. The second kappa shape index (κ2) is 13.1. The highest BCUT2D eigenvalue weighted by Crippen LogP contribution is 2.16. The van der Waals surface area contributed by atoms with Gasteiger partial charge >= 0.3 is 0 Å². The summed E-state index contributed by atoms with van der Waals surface area (Å²) in [5.74, 6) is 1.83. The number of guanidine groups is 1. The van der Waals surface area contributed by atoms with E-state index in [1.54, 1.807) is 11.3 Å². The van der Waals surface area contributed by atoms with Gasteiger partial charge in [-0.3, -0.25) is 0 Å². The van der Waals surface area contributed by atoms with E-state index in [4.69, 9.17) is 9.73 Å². The molecule has 2 aromatic heterocycles. The highest BCUT2D eigenvalue weighted by Gasteiger charge is 2.17. The lowest BCUT2D eigenvalue weighted by Gasteiger charge is -2.32. The van der Waals surface area contributed by atoms with E-state index in [1.165, 1.54) is 9.88 Å². The minimum atomic E-state index is 0. The monoisotopic (exact) mass is 544 g/mol. The summed E-state index contributed by atoms with van der Waals surface area (Å²) in [6, 6.07) is 4.19. The van der Waals surface area contributed by atoms with Crippen molar-refractivity contribution < 1.29 is 4.74 Å². The Morgan fingerprint density at radius 1 is 1.27 bits per heavy atom. The second-order valence-electron chi connectivity index (χ2n) is 7.10. The predicted octanol–water partition coefficient (Wildman–Crippen LogP) is 3.24. The number of ether oxygens (including phenoxy) is 1. The maximum Gasteiger partial charge on any atom is 0.191 e. The number of nitrogens with one attached hydrogen (secondary N) is 2. The van der Waals surface area contributed by atoms with Crippen molar-refractivity contribution in [1.29, 1.82) is 0 Å². The fourth-order valence-electron chi connectivity index (χ4n) is 3.15. The normalized spacial score (nSPS) is 16.8. The summed E-state index contributed by atoms with van der Waals surface area (Å²) >= 11 is 1.79. The van der Waals surface area contributed by atoms with Crippen molar-refractivity contribution >= 4 is 47.1 Å². The van der Waals surface area contributed by atoms with Gasteiger partial charge in [0.25, 0.3) is 0 Å². The summed E-state index contributed by atoms with van der Waals surface area (Å²) < 4.78 is 5.60. The molecule has 0 aromatic carbocycles. The zero-order valence-electron chi connectivity index (χ0n) is 18.1. The molecule has 0 aliphatic carbocycles. The largest absolute Gasteiger partial charge is 0.375 e. The van der Waals surface area contributed by atoms with Gasteiger partial charge in [-0.25, -0.2) is 15.0 Å². The minimum absolute atomic E-state index is 0. The fraction of sp³-hybridized carbons (Fsp3) is 0.571. The van der Waals surface area contributed by atoms with Gasteiger partial charge in [-0.2, -0.15) is 0 Å². The molecule has 2 N–H and O–H groups in total. The molecule has 3 rings (SSSR count). The van der Waals surface area contributed by atoms with Crippen molar-refractivity contribution in [2.75, 3.05) is 37.7 Å². The van der Waals surface area contributed by atoms with Crippen molar-refractivity contribution in [3.63, 3.8) is 0 Å². The first-order valence-electron chi connectivity index (χ1n) is 10.4. The van der Waals surface area contributed by atoms with Gasteiger partial charge in [0.1, 0.15) is 5.82 Å². The third-order valence-corrected chi connectivity index (χ3v) is 5.92. The van der Waals surface area contributed by atoms with E-state index in [9.17, 15) is 0 Å². The number of halogens is 1. The number of hydrogen-bond acceptors (Lipinski definition) is 6. The third-order valence-electron chi connectivity index (χ3n) is 4.72. The molecule has 1 aliphatic rings. The lowest BCUT2D eigenvalue weighted by atomic mass is 10.2. The van der Waals surface area contributed by atoms with Crippen molar-refractivity contribution in [1.82, 2.24) is 20.6 Å². The summed E-state index contributed by atoms with van der Waals surface area (Å²) in [6.07, 6.45) is 6.11. The standard InChI is InChI=1S/C21H32N6OS.HI/c1-4-18-14-25-20(29-18)8-9-23-21(22-5-2)26-13-17-6-7-19(24-12-17)27-10-11-28-16(3)15-27;/h6-7,12,14,16H,4-5,8-11,13,15H2,1-3H3,(H2,22,23,26);1H. The lowest BCUT2D eigenvalue weighted by Crippen LogP contribution is -2.41. The Balaban J connectivity index is 0.00000320. The molecule has 1 unspecified atom stereocenters. The predicted molar refractivity (Wildman–Crippen MR) is 135 cm³/mol. The molecule has 7 nitrogen and oxygen atoms in total. The van der Waals surface area contributed by atoms with E-state index in [0.29, 0.717) is 6.54 Å². The van der Waals surface area contributed by atoms with Crippen molar-refractivity contribution in [2.45, 2.75) is 46.3 Å². The number of aryl methyl sites for hydroxylation is 1. The Bertz CT molecular complexity index is 782. The van der Waals surface area contributed by atoms with Crippen LogP contribution in [0, 0.1) is 0 Å². The molecule has 1 atom stereocenters. The van der Waals surface area contributed by atoms with Gasteiger partial charge < -0.3 is 20.3 Å². The van der Waals surface area contributed by atoms with Crippen molar-refractivity contribution in [3.05, 3.63) is 40.0 Å². The Labute approximate surface area is 200 Å². The van der Waals surface area contributed by atoms with Crippen LogP contribution in [0.1, 0.15) is 36.2 Å². The molecular formula is C21H33IN6OS. The highest BCUT2D eigenvalue weighted by molar-refractivity contribution is 14.0. The topological polar surface area (TPSA) is 74.7 Å². The van der Waals surface area contributed by atoms with E-state index in [2.05, 4.69) is 58.4 Å². The molecule has 0 amide bonds. The first kappa shape index (κ1) is 24.8. The number of nitrogens with zero attached hydrogens (tertiary/aromatic N) is 4. The van der Waals surface area contributed by atoms with E-state index in [-0.39, 0.29) is 30.1 Å². The number of pyridine rings is 1. The second-order valence-corrected chi connectivity index (χ2v) is 8.30. The first-order chi connectivity index (χ1) is 14.2. The van der Waals surface area contributed by atoms with Crippen LogP contribution in [0.5, 0.6) is 0 Å². The molecule has 0 bridgehead atoms. The molecule has 1 aliphatic heterocycles. The molecular weight excluding hydrogens is 511 g/mol. The lowest BCUT2D eigenvalue weighted by molar-refractivity contribution is 0.0529. The van der Waals surface area contributed by atoms with E-state index in [1.807, 2.05) is 12.4 Å². The number of aromatic nitrogens is 2. The zero-order valence-corrected chi connectivity index (χ0v) is 21.2. The molecule has 0 spiro atoms. The Morgan fingerprint density at radius 2 is 2.13 bits per heavy atom. The van der Waals surface area contributed by atoms with Crippen LogP contribution in [0.3, 0.4) is 0 Å². The van der Waals surface area contributed by atoms with Crippen LogP contribution in [-0.2, 0) is 24.1 Å². The fourth-order valence-corrected chi connectivity index (χ4v) is 4.01. The highest BCUT2D eigenvalue weighted by atomic mass is 127. The van der Waals surface area contributed by atoms with Gasteiger partial charge in [-0.15, -0.1) is 35.3 Å². The van der Waals surface area contributed by atoms with Crippen molar-refractivity contribution in [3.8, 4) is 0 Å². The van der Waals surface area contributed by atoms with E-state index >= 15 is 0 Å². The van der Waals surface area contributed by atoms with Gasteiger partial charge in [-0.05, 0) is 31.9 Å². The summed E-state index contributed by atoms with van der Waals surface area (Å²) in [4.78, 5) is 17.4. The number of anilines is 1. The summed E-state index contributed by atoms with van der Waals surface area (Å²) in [6.45, 7) is 11.1. The van der Waals surface area contributed by atoms with Gasteiger partial charge in [-0.1, -0.05) is 13.0 Å². The van der Waals surface area contributed by atoms with Crippen LogP contribution >= 0.6 is 35.3 Å². The smallest absolute Gasteiger partial charge is 0.191 e. The molecule has 30 heavy (non-hydrogen) atoms. The van der Waals surface area contributed by atoms with E-state index in [0.717, 1.165) is 63.0 Å². The van der Waals surface area contributed by atoms with Crippen LogP contribution in [0.15, 0.2) is 29.5 Å². The third kappa shape index (κ3) is 7.66. The zero-order chi connectivity index (χ0) is 20.5. The average molecular weight is 545 g/mol. The first-order valence-corrected chi connectivity index (χ1v) is 11.3. The van der Waals surface area contributed by atoms with E-state index < -0.39 is 0 Å². The number of aliphatic imine (C=N–C) groups is 1. The van der Waals surface area contributed by atoms with Crippen LogP contribution in [0.4, 0.5) is 5.82 Å². The van der Waals surface area contributed by atoms with Crippen molar-refractivity contribution in [2.24, 2.45) is 4.99 Å².